The number of rotatable bonds is 4. The molecule has 0 saturated carbocycles. The largest absolute Gasteiger partial charge is 0.356 e. The van der Waals surface area contributed by atoms with E-state index in [0.717, 1.165) is 22.1 Å². The first-order valence-corrected chi connectivity index (χ1v) is 6.32. The van der Waals surface area contributed by atoms with Crippen molar-refractivity contribution in [1.29, 1.82) is 0 Å². The molecule has 3 nitrogen and oxygen atoms in total. The van der Waals surface area contributed by atoms with E-state index in [0.29, 0.717) is 12.1 Å². The van der Waals surface area contributed by atoms with Crippen LogP contribution < -0.4 is 5.32 Å². The molecule has 0 aliphatic carbocycles. The molecule has 0 amide bonds. The van der Waals surface area contributed by atoms with Crippen molar-refractivity contribution < 1.29 is 4.39 Å². The third-order valence-electron chi connectivity index (χ3n) is 2.45. The molecule has 0 saturated heterocycles. The van der Waals surface area contributed by atoms with Crippen molar-refractivity contribution in [3.8, 4) is 0 Å². The van der Waals surface area contributed by atoms with Gasteiger partial charge in [0.1, 0.15) is 10.8 Å². The minimum Gasteiger partial charge on any atom is -0.356 e. The molecule has 1 aromatic carbocycles. The van der Waals surface area contributed by atoms with Gasteiger partial charge in [0.15, 0.2) is 0 Å². The van der Waals surface area contributed by atoms with Crippen molar-refractivity contribution in [2.75, 3.05) is 5.32 Å². The van der Waals surface area contributed by atoms with Crippen LogP contribution in [0.5, 0.6) is 0 Å². The van der Waals surface area contributed by atoms with Gasteiger partial charge in [-0.05, 0) is 30.5 Å². The lowest BCUT2D eigenvalue weighted by molar-refractivity contribution is 0.616. The summed E-state index contributed by atoms with van der Waals surface area (Å²) in [6.07, 6.45) is 0.887. The Morgan fingerprint density at radius 2 is 2.18 bits per heavy atom. The number of nitrogens with zero attached hydrogens (tertiary/aromatic N) is 2. The maximum atomic E-state index is 13.3. The third-order valence-corrected chi connectivity index (χ3v) is 3.47. The zero-order chi connectivity index (χ0) is 12.3. The molecule has 0 atom stereocenters. The molecule has 5 heteroatoms. The minimum atomic E-state index is -0.171. The number of anilines is 1. The third kappa shape index (κ3) is 3.00. The van der Waals surface area contributed by atoms with E-state index in [2.05, 4.69) is 15.5 Å². The number of aryl methyl sites for hydroxylation is 2. The van der Waals surface area contributed by atoms with E-state index in [-0.39, 0.29) is 5.82 Å². The molecule has 2 aromatic rings. The van der Waals surface area contributed by atoms with Crippen LogP contribution in [0, 0.1) is 12.7 Å². The highest BCUT2D eigenvalue weighted by Gasteiger charge is 2.03. The van der Waals surface area contributed by atoms with Gasteiger partial charge in [0.25, 0.3) is 0 Å². The van der Waals surface area contributed by atoms with Gasteiger partial charge in [0, 0.05) is 6.54 Å². The first-order valence-electron chi connectivity index (χ1n) is 5.50. The van der Waals surface area contributed by atoms with E-state index in [4.69, 9.17) is 0 Å². The number of hydrogen-bond acceptors (Lipinski definition) is 4. The average Bonchev–Trinajstić information content (AvgIpc) is 2.79. The van der Waals surface area contributed by atoms with Crippen LogP contribution in [0.2, 0.25) is 0 Å². The van der Waals surface area contributed by atoms with Gasteiger partial charge >= 0.3 is 0 Å². The Labute approximate surface area is 104 Å². The number of hydrogen-bond donors (Lipinski definition) is 1. The van der Waals surface area contributed by atoms with Crippen LogP contribution in [0.1, 0.15) is 23.1 Å². The molecule has 0 aliphatic rings. The van der Waals surface area contributed by atoms with E-state index in [1.54, 1.807) is 19.1 Å². The summed E-state index contributed by atoms with van der Waals surface area (Å²) in [5, 5.41) is 12.9. The molecule has 0 fully saturated rings. The number of aromatic nitrogens is 2. The molecular weight excluding hydrogens is 237 g/mol. The normalized spacial score (nSPS) is 10.5. The zero-order valence-electron chi connectivity index (χ0n) is 9.83. The van der Waals surface area contributed by atoms with Gasteiger partial charge in [-0.3, -0.25) is 0 Å². The second kappa shape index (κ2) is 5.23. The summed E-state index contributed by atoms with van der Waals surface area (Å²) in [5.41, 5.74) is 1.57. The molecular formula is C12H14FN3S. The molecule has 0 unspecified atom stereocenters. The number of benzene rings is 1. The maximum absolute atomic E-state index is 13.3. The van der Waals surface area contributed by atoms with Crippen molar-refractivity contribution in [3.05, 3.63) is 40.2 Å². The van der Waals surface area contributed by atoms with E-state index in [1.807, 2.05) is 13.0 Å². The fourth-order valence-corrected chi connectivity index (χ4v) is 2.07. The maximum Gasteiger partial charge on any atom is 0.205 e. The molecule has 0 aliphatic heterocycles. The lowest BCUT2D eigenvalue weighted by Crippen LogP contribution is -1.99. The summed E-state index contributed by atoms with van der Waals surface area (Å²) in [7, 11) is 0. The molecule has 2 rings (SSSR count). The lowest BCUT2D eigenvalue weighted by Gasteiger charge is -2.03. The van der Waals surface area contributed by atoms with E-state index < -0.39 is 0 Å². The SMILES string of the molecule is CCc1nnc(NCc2ccc(C)c(F)c2)s1. The summed E-state index contributed by atoms with van der Waals surface area (Å²) >= 11 is 1.53. The van der Waals surface area contributed by atoms with E-state index in [9.17, 15) is 4.39 Å². The standard InChI is InChI=1S/C12H14FN3S/c1-3-11-15-16-12(17-11)14-7-9-5-4-8(2)10(13)6-9/h4-6H,3,7H2,1-2H3,(H,14,16). The van der Waals surface area contributed by atoms with Crippen LogP contribution in [0.25, 0.3) is 0 Å². The second-order valence-electron chi connectivity index (χ2n) is 3.79. The quantitative estimate of drug-likeness (QED) is 0.907. The van der Waals surface area contributed by atoms with Gasteiger partial charge in [0.05, 0.1) is 0 Å². The summed E-state index contributed by atoms with van der Waals surface area (Å²) in [4.78, 5) is 0. The summed E-state index contributed by atoms with van der Waals surface area (Å²) in [5.74, 6) is -0.171. The molecule has 1 aromatic heterocycles. The molecule has 17 heavy (non-hydrogen) atoms. The minimum absolute atomic E-state index is 0.171. The Bertz CT molecular complexity index is 510. The van der Waals surface area contributed by atoms with Crippen LogP contribution in [0.3, 0.4) is 0 Å². The Balaban J connectivity index is 1.99. The molecule has 90 valence electrons. The lowest BCUT2D eigenvalue weighted by atomic mass is 10.1. The van der Waals surface area contributed by atoms with Crippen molar-refractivity contribution in [2.45, 2.75) is 26.8 Å². The van der Waals surface area contributed by atoms with E-state index in [1.165, 1.54) is 11.3 Å². The predicted molar refractivity (Wildman–Crippen MR) is 67.8 cm³/mol. The van der Waals surface area contributed by atoms with Gasteiger partial charge < -0.3 is 5.32 Å². The Morgan fingerprint density at radius 3 is 2.82 bits per heavy atom. The Morgan fingerprint density at radius 1 is 1.35 bits per heavy atom. The van der Waals surface area contributed by atoms with Gasteiger partial charge in [-0.25, -0.2) is 4.39 Å². The monoisotopic (exact) mass is 251 g/mol. The topological polar surface area (TPSA) is 37.8 Å². The Kier molecular flexibility index (Phi) is 3.68. The van der Waals surface area contributed by atoms with Gasteiger partial charge in [-0.2, -0.15) is 0 Å². The van der Waals surface area contributed by atoms with Gasteiger partial charge in [-0.15, -0.1) is 10.2 Å². The van der Waals surface area contributed by atoms with Crippen molar-refractivity contribution >= 4 is 16.5 Å². The molecule has 1 heterocycles. The summed E-state index contributed by atoms with van der Waals surface area (Å²) < 4.78 is 13.3. The first-order chi connectivity index (χ1) is 8.19. The predicted octanol–water partition coefficient (Wildman–Crippen LogP) is 3.16. The summed E-state index contributed by atoms with van der Waals surface area (Å²) in [6.45, 7) is 4.36. The van der Waals surface area contributed by atoms with E-state index >= 15 is 0 Å². The van der Waals surface area contributed by atoms with Crippen molar-refractivity contribution in [3.63, 3.8) is 0 Å². The van der Waals surface area contributed by atoms with Crippen LogP contribution in [-0.2, 0) is 13.0 Å². The van der Waals surface area contributed by atoms with Crippen LogP contribution >= 0.6 is 11.3 Å². The Hall–Kier alpha value is -1.49. The van der Waals surface area contributed by atoms with Crippen LogP contribution in [-0.4, -0.2) is 10.2 Å². The number of halogens is 1. The van der Waals surface area contributed by atoms with Crippen LogP contribution in [0.15, 0.2) is 18.2 Å². The smallest absolute Gasteiger partial charge is 0.205 e. The molecule has 0 radical (unpaired) electrons. The molecule has 0 spiro atoms. The fourth-order valence-electron chi connectivity index (χ4n) is 1.39. The van der Waals surface area contributed by atoms with Crippen LogP contribution in [0.4, 0.5) is 9.52 Å². The zero-order valence-corrected chi connectivity index (χ0v) is 10.6. The van der Waals surface area contributed by atoms with Crippen molar-refractivity contribution in [2.24, 2.45) is 0 Å². The second-order valence-corrected chi connectivity index (χ2v) is 4.85. The number of nitrogens with one attached hydrogen (secondary N) is 1. The molecule has 0 bridgehead atoms. The van der Waals surface area contributed by atoms with Crippen molar-refractivity contribution in [1.82, 2.24) is 10.2 Å². The van der Waals surface area contributed by atoms with Gasteiger partial charge in [0.2, 0.25) is 5.13 Å². The fraction of sp³-hybridized carbons (Fsp3) is 0.333. The summed E-state index contributed by atoms with van der Waals surface area (Å²) in [6, 6.07) is 5.24. The van der Waals surface area contributed by atoms with Gasteiger partial charge in [-0.1, -0.05) is 30.4 Å². The average molecular weight is 251 g/mol. The highest BCUT2D eigenvalue weighted by Crippen LogP contribution is 2.17. The molecule has 1 N–H and O–H groups in total. The highest BCUT2D eigenvalue weighted by molar-refractivity contribution is 7.15. The highest BCUT2D eigenvalue weighted by atomic mass is 32.1. The first kappa shape index (κ1) is 12.0.